The molecule has 0 radical (unpaired) electrons. The molecule has 4 heterocycles. The summed E-state index contributed by atoms with van der Waals surface area (Å²) in [5, 5.41) is 4.68. The first-order chi connectivity index (χ1) is 11.1. The van der Waals surface area contributed by atoms with Gasteiger partial charge in [-0.05, 0) is 24.3 Å². The van der Waals surface area contributed by atoms with E-state index in [1.165, 1.54) is 25.7 Å². The summed E-state index contributed by atoms with van der Waals surface area (Å²) in [6, 6.07) is 9.98. The van der Waals surface area contributed by atoms with Crippen LogP contribution in [0.5, 0.6) is 0 Å². The monoisotopic (exact) mass is 327 g/mol. The highest BCUT2D eigenvalue weighted by Crippen LogP contribution is 2.08. The van der Waals surface area contributed by atoms with E-state index < -0.39 is 0 Å². The third-order valence-electron chi connectivity index (χ3n) is 3.48. The van der Waals surface area contributed by atoms with Crippen molar-refractivity contribution in [1.29, 1.82) is 0 Å². The molecule has 0 aliphatic rings. The van der Waals surface area contributed by atoms with Crippen LogP contribution in [0.15, 0.2) is 58.4 Å². The molecule has 8 heteroatoms. The normalized spacial score (nSPS) is 11.3. The summed E-state index contributed by atoms with van der Waals surface area (Å²) in [5.74, 6) is 0. The summed E-state index contributed by atoms with van der Waals surface area (Å²) in [6.07, 6.45) is 3.15. The number of hydrogen-bond donors (Lipinski definition) is 0. The third-order valence-corrected chi connectivity index (χ3v) is 3.70. The lowest BCUT2D eigenvalue weighted by Gasteiger charge is -2.04. The summed E-state index contributed by atoms with van der Waals surface area (Å²) in [4.78, 5) is 28.8. The fraction of sp³-hybridized carbons (Fsp3) is 0.0667. The molecule has 0 spiro atoms. The van der Waals surface area contributed by atoms with E-state index >= 15 is 0 Å². The highest BCUT2D eigenvalue weighted by molar-refractivity contribution is 6.30. The molecule has 4 aromatic rings. The second kappa shape index (κ2) is 5.06. The summed E-state index contributed by atoms with van der Waals surface area (Å²) >= 11 is 5.88. The van der Waals surface area contributed by atoms with Crippen LogP contribution in [0, 0.1) is 0 Å². The Balaban J connectivity index is 1.83. The van der Waals surface area contributed by atoms with Crippen molar-refractivity contribution >= 4 is 22.9 Å². The predicted molar refractivity (Wildman–Crippen MR) is 85.0 cm³/mol. The molecule has 0 aliphatic heterocycles. The number of halogens is 1. The molecule has 0 saturated heterocycles. The Morgan fingerprint density at radius 1 is 1.04 bits per heavy atom. The maximum Gasteiger partial charge on any atom is 0.350 e. The van der Waals surface area contributed by atoms with Gasteiger partial charge in [-0.1, -0.05) is 17.7 Å². The lowest BCUT2D eigenvalue weighted by atomic mass is 10.3. The fourth-order valence-electron chi connectivity index (χ4n) is 2.43. The summed E-state index contributed by atoms with van der Waals surface area (Å²) in [6.45, 7) is 0.120. The van der Waals surface area contributed by atoms with E-state index in [0.717, 1.165) is 0 Å². The fourth-order valence-corrected chi connectivity index (χ4v) is 2.59. The molecule has 4 rings (SSSR count). The molecule has 114 valence electrons. The predicted octanol–water partition coefficient (Wildman–Crippen LogP) is 1.21. The minimum atomic E-state index is -0.279. The average molecular weight is 328 g/mol. The molecular formula is C15H10ClN5O2. The van der Waals surface area contributed by atoms with Crippen LogP contribution in [-0.4, -0.2) is 23.6 Å². The smallest absolute Gasteiger partial charge is 0.269 e. The number of hydrogen-bond acceptors (Lipinski definition) is 4. The van der Waals surface area contributed by atoms with Gasteiger partial charge < -0.3 is 0 Å². The van der Waals surface area contributed by atoms with Gasteiger partial charge in [0.05, 0.1) is 17.3 Å². The first kappa shape index (κ1) is 13.7. The van der Waals surface area contributed by atoms with Crippen molar-refractivity contribution in [1.82, 2.24) is 23.6 Å². The highest BCUT2D eigenvalue weighted by Gasteiger charge is 2.09. The molecule has 0 N–H and O–H groups in total. The summed E-state index contributed by atoms with van der Waals surface area (Å²) in [5.41, 5.74) is 0.932. The van der Waals surface area contributed by atoms with Crippen LogP contribution in [0.1, 0.15) is 5.69 Å². The van der Waals surface area contributed by atoms with E-state index in [1.807, 2.05) is 0 Å². The maximum atomic E-state index is 12.3. The molecule has 7 nitrogen and oxygen atoms in total. The molecule has 0 fully saturated rings. The molecular weight excluding hydrogens is 318 g/mol. The maximum absolute atomic E-state index is 12.3. The molecule has 0 atom stereocenters. The van der Waals surface area contributed by atoms with Crippen molar-refractivity contribution in [2.75, 3.05) is 0 Å². The van der Waals surface area contributed by atoms with Crippen LogP contribution in [-0.2, 0) is 6.54 Å². The molecule has 0 aromatic carbocycles. The van der Waals surface area contributed by atoms with Gasteiger partial charge in [-0.15, -0.1) is 5.10 Å². The van der Waals surface area contributed by atoms with E-state index in [9.17, 15) is 9.59 Å². The number of fused-ring (bicyclic) bond motifs is 2. The Hall–Kier alpha value is -2.93. The molecule has 0 bridgehead atoms. The van der Waals surface area contributed by atoms with Gasteiger partial charge in [-0.25, -0.2) is 14.5 Å². The lowest BCUT2D eigenvalue weighted by Crippen LogP contribution is -2.24. The highest BCUT2D eigenvalue weighted by atomic mass is 35.5. The van der Waals surface area contributed by atoms with Crippen molar-refractivity contribution in [3.05, 3.63) is 80.3 Å². The van der Waals surface area contributed by atoms with Crippen LogP contribution in [0.4, 0.5) is 0 Å². The van der Waals surface area contributed by atoms with Crippen molar-refractivity contribution in [3.8, 4) is 0 Å². The van der Waals surface area contributed by atoms with E-state index in [2.05, 4.69) is 10.1 Å². The van der Waals surface area contributed by atoms with Gasteiger partial charge in [0.15, 0.2) is 5.65 Å². The molecule has 0 saturated carbocycles. The first-order valence-corrected chi connectivity index (χ1v) is 7.22. The number of nitrogens with zero attached hydrogens (tertiary/aromatic N) is 5. The van der Waals surface area contributed by atoms with Crippen LogP contribution >= 0.6 is 11.6 Å². The Bertz CT molecular complexity index is 1160. The van der Waals surface area contributed by atoms with Crippen LogP contribution < -0.4 is 11.2 Å². The average Bonchev–Trinajstić information content (AvgIpc) is 2.85. The van der Waals surface area contributed by atoms with Gasteiger partial charge in [0.2, 0.25) is 0 Å². The largest absolute Gasteiger partial charge is 0.350 e. The van der Waals surface area contributed by atoms with Gasteiger partial charge >= 0.3 is 5.69 Å². The third kappa shape index (κ3) is 2.31. The Kier molecular flexibility index (Phi) is 3.02. The first-order valence-electron chi connectivity index (χ1n) is 6.84. The zero-order chi connectivity index (χ0) is 16.0. The van der Waals surface area contributed by atoms with Crippen molar-refractivity contribution in [3.63, 3.8) is 0 Å². The van der Waals surface area contributed by atoms with Crippen molar-refractivity contribution in [2.45, 2.75) is 6.54 Å². The van der Waals surface area contributed by atoms with E-state index in [-0.39, 0.29) is 17.8 Å². The van der Waals surface area contributed by atoms with Crippen LogP contribution in [0.3, 0.4) is 0 Å². The quantitative estimate of drug-likeness (QED) is 0.554. The van der Waals surface area contributed by atoms with Gasteiger partial charge in [-0.2, -0.15) is 0 Å². The number of pyridine rings is 2. The van der Waals surface area contributed by atoms with E-state index in [0.29, 0.717) is 22.0 Å². The number of aromatic nitrogens is 5. The molecule has 0 amide bonds. The van der Waals surface area contributed by atoms with Gasteiger partial charge in [-0.3, -0.25) is 13.6 Å². The second-order valence-corrected chi connectivity index (χ2v) is 5.47. The summed E-state index contributed by atoms with van der Waals surface area (Å²) in [7, 11) is 0. The Labute approximate surface area is 134 Å². The Morgan fingerprint density at radius 3 is 2.74 bits per heavy atom. The van der Waals surface area contributed by atoms with Gasteiger partial charge in [0, 0.05) is 18.5 Å². The molecule has 23 heavy (non-hydrogen) atoms. The van der Waals surface area contributed by atoms with Crippen LogP contribution in [0.2, 0.25) is 5.02 Å². The SMILES string of the molecule is O=c1cc(Cn2nc3ccccn3c2=O)nc2ccc(Cl)cn12. The zero-order valence-corrected chi connectivity index (χ0v) is 12.5. The second-order valence-electron chi connectivity index (χ2n) is 5.03. The van der Waals surface area contributed by atoms with E-state index in [4.69, 9.17) is 11.6 Å². The van der Waals surface area contributed by atoms with Gasteiger partial charge in [0.25, 0.3) is 5.56 Å². The minimum absolute atomic E-state index is 0.120. The zero-order valence-electron chi connectivity index (χ0n) is 11.8. The van der Waals surface area contributed by atoms with Crippen LogP contribution in [0.25, 0.3) is 11.3 Å². The minimum Gasteiger partial charge on any atom is -0.269 e. The van der Waals surface area contributed by atoms with Gasteiger partial charge in [0.1, 0.15) is 5.65 Å². The topological polar surface area (TPSA) is 73.7 Å². The standard InChI is InChI=1S/C15H10ClN5O2/c16-10-4-5-12-17-11(7-14(22)20(12)8-10)9-21-15(23)19-6-2-1-3-13(19)18-21/h1-8H,9H2. The molecule has 4 aromatic heterocycles. The molecule has 0 unspecified atom stereocenters. The Morgan fingerprint density at radius 2 is 1.91 bits per heavy atom. The van der Waals surface area contributed by atoms with Crippen molar-refractivity contribution in [2.24, 2.45) is 0 Å². The number of rotatable bonds is 2. The molecule has 0 aliphatic carbocycles. The van der Waals surface area contributed by atoms with Crippen molar-refractivity contribution < 1.29 is 0 Å². The summed E-state index contributed by atoms with van der Waals surface area (Å²) < 4.78 is 4.08. The van der Waals surface area contributed by atoms with E-state index in [1.54, 1.807) is 36.5 Å². The lowest BCUT2D eigenvalue weighted by molar-refractivity contribution is 0.645.